The number of nitrogens with zero attached hydrogens (tertiary/aromatic N) is 4. The van der Waals surface area contributed by atoms with Crippen LogP contribution in [-0.4, -0.2) is 35.7 Å². The molecule has 0 bridgehead atoms. The van der Waals surface area contributed by atoms with Gasteiger partial charge >= 0.3 is 12.4 Å². The van der Waals surface area contributed by atoms with Crippen molar-refractivity contribution < 1.29 is 55.3 Å². The Morgan fingerprint density at radius 2 is 1.34 bits per heavy atom. The molecule has 3 saturated carbocycles. The third kappa shape index (κ3) is 9.55. The van der Waals surface area contributed by atoms with Crippen LogP contribution in [0.1, 0.15) is 72.1 Å². The van der Waals surface area contributed by atoms with Crippen molar-refractivity contribution >= 4 is 35.0 Å². The molecule has 0 radical (unpaired) electrons. The van der Waals surface area contributed by atoms with Crippen molar-refractivity contribution in [2.45, 2.75) is 84.5 Å². The Morgan fingerprint density at radius 1 is 0.792 bits per heavy atom. The number of rotatable bonds is 5. The number of nitrogens with one attached hydrogen (secondary N) is 2. The van der Waals surface area contributed by atoms with Crippen molar-refractivity contribution in [3.63, 3.8) is 0 Å². The molecule has 0 amide bonds. The van der Waals surface area contributed by atoms with Crippen molar-refractivity contribution in [2.75, 3.05) is 10.9 Å². The van der Waals surface area contributed by atoms with Gasteiger partial charge in [-0.2, -0.15) is 26.3 Å². The third-order valence-electron chi connectivity index (χ3n) is 11.7. The van der Waals surface area contributed by atoms with Gasteiger partial charge in [-0.15, -0.1) is 10.9 Å². The minimum absolute atomic E-state index is 0.325. The van der Waals surface area contributed by atoms with Crippen molar-refractivity contribution in [3.8, 4) is 0 Å². The molecule has 2 aromatic heterocycles. The molecule has 4 aliphatic carbocycles. The number of allylic oxidation sites excluding steroid dienone is 2. The number of hydrogen-bond acceptors (Lipinski definition) is 8. The van der Waals surface area contributed by atoms with Crippen LogP contribution < -0.4 is 30.2 Å². The quantitative estimate of drug-likeness (QED) is 0.196. The van der Waals surface area contributed by atoms with E-state index in [9.17, 15) is 26.3 Å². The average Bonchev–Trinajstić information content (AvgIpc) is 3.44. The summed E-state index contributed by atoms with van der Waals surface area (Å²) in [5.74, 6) is -0.932. The topological polar surface area (TPSA) is 137 Å². The van der Waals surface area contributed by atoms with Crippen molar-refractivity contribution in [3.05, 3.63) is 60.4 Å². The number of carboxylic acids is 2. The Kier molecular flexibility index (Phi) is 12.7. The first kappa shape index (κ1) is 41.3. The standard InChI is InChI=1S/C33H44N6.2C2HF3O2/c1-23(34-36-30-10-6-8-20-38(30)4)27-14-15-28-26-13-12-24-22-25(35-37-31-11-7-9-21-39(31)5)16-18-32(24,2)29(26)17-19-33(27,28)3;2*3-2(4,5)1(6)7/h6-11,20-22,26-29H,12-19H2,1-5H3;2*(H,6,7)/b34-23+,35-25+;;/t26-,27+,28-,29-,32-,33+;;/m0../s1. The number of alkyl halides is 6. The fourth-order valence-corrected chi connectivity index (χ4v) is 8.98. The van der Waals surface area contributed by atoms with E-state index >= 15 is 0 Å². The maximum atomic E-state index is 10.5. The lowest BCUT2D eigenvalue weighted by Gasteiger charge is -2.58. The van der Waals surface area contributed by atoms with Crippen LogP contribution in [0.4, 0.5) is 38.0 Å². The van der Waals surface area contributed by atoms with E-state index in [1.807, 2.05) is 6.07 Å². The van der Waals surface area contributed by atoms with Gasteiger partial charge in [-0.1, -0.05) is 41.8 Å². The second-order valence-electron chi connectivity index (χ2n) is 14.7. The zero-order valence-electron chi connectivity index (χ0n) is 30.4. The molecule has 0 aliphatic heterocycles. The van der Waals surface area contributed by atoms with E-state index < -0.39 is 24.3 Å². The lowest BCUT2D eigenvalue weighted by Crippen LogP contribution is -2.51. The summed E-state index contributed by atoms with van der Waals surface area (Å²) in [5.41, 5.74) is 11.5. The zero-order valence-corrected chi connectivity index (χ0v) is 30.4. The highest BCUT2D eigenvalue weighted by Crippen LogP contribution is 2.66. The highest BCUT2D eigenvalue weighted by atomic mass is 19.4. The van der Waals surface area contributed by atoms with E-state index in [2.05, 4.69) is 104 Å². The number of halogens is 6. The molecule has 16 heteroatoms. The number of carbonyl (C=O) groups is 2. The van der Waals surface area contributed by atoms with Gasteiger partial charge in [0.1, 0.15) is 11.9 Å². The number of aliphatic carboxylic acids is 2. The second-order valence-corrected chi connectivity index (χ2v) is 14.7. The van der Waals surface area contributed by atoms with Gasteiger partial charge in [-0.05, 0) is 105 Å². The van der Waals surface area contributed by atoms with Crippen LogP contribution in [0.5, 0.6) is 0 Å². The molecule has 53 heavy (non-hydrogen) atoms. The molecule has 6 atom stereocenters. The van der Waals surface area contributed by atoms with Crippen LogP contribution in [0.15, 0.2) is 70.6 Å². The summed E-state index contributed by atoms with van der Waals surface area (Å²) in [4.78, 5) is 17.6. The number of fused-ring (bicyclic) bond motifs is 5. The maximum Gasteiger partial charge on any atom is 0.430 e. The van der Waals surface area contributed by atoms with Gasteiger partial charge in [0.05, 0.1) is 37.9 Å². The summed E-state index contributed by atoms with van der Waals surface area (Å²) in [6, 6.07) is 12.4. The smallest absolute Gasteiger partial charge is 0.430 e. The highest BCUT2D eigenvalue weighted by molar-refractivity contribution is 5.97. The van der Waals surface area contributed by atoms with Gasteiger partial charge < -0.3 is 19.8 Å². The summed E-state index contributed by atoms with van der Waals surface area (Å²) < 4.78 is 67.3. The average molecular weight is 753 g/mol. The summed E-state index contributed by atoms with van der Waals surface area (Å²) in [6.45, 7) is 7.44. The molecule has 3 fully saturated rings. The van der Waals surface area contributed by atoms with Crippen LogP contribution in [-0.2, 0) is 23.7 Å². The molecular weight excluding hydrogens is 706 g/mol. The molecule has 2 aromatic rings. The van der Waals surface area contributed by atoms with Gasteiger partial charge in [0, 0.05) is 18.1 Å². The van der Waals surface area contributed by atoms with E-state index in [-0.39, 0.29) is 0 Å². The van der Waals surface area contributed by atoms with Crippen LogP contribution in [0.3, 0.4) is 0 Å². The first-order valence-electron chi connectivity index (χ1n) is 17.5. The van der Waals surface area contributed by atoms with Crippen LogP contribution in [0.2, 0.25) is 0 Å². The van der Waals surface area contributed by atoms with Crippen molar-refractivity contribution in [1.82, 2.24) is 0 Å². The van der Waals surface area contributed by atoms with Crippen LogP contribution in [0, 0.1) is 34.5 Å². The number of aryl methyl sites for hydroxylation is 2. The van der Waals surface area contributed by atoms with Gasteiger partial charge in [0.25, 0.3) is 11.6 Å². The van der Waals surface area contributed by atoms with E-state index in [1.165, 1.54) is 56.4 Å². The van der Waals surface area contributed by atoms with Crippen LogP contribution >= 0.6 is 0 Å². The lowest BCUT2D eigenvalue weighted by molar-refractivity contribution is -0.657. The largest absolute Gasteiger partial charge is 0.542 e. The molecule has 0 spiro atoms. The SMILES string of the molecule is C/C(=N\Nc1cccc[n+]1C)[C@H]1CC[C@H]2[C@@H]3CCC4=C/C(=N/Nc5cccc[n+]5C)CC[C@]4(C)[C@H]3CC[C@]12C.O=C([O-])C(F)(F)F.O=C([O-])C(F)(F)F. The highest BCUT2D eigenvalue weighted by Gasteiger charge is 2.59. The summed E-state index contributed by atoms with van der Waals surface area (Å²) in [7, 11) is 4.12. The Balaban J connectivity index is 0.000000381. The lowest BCUT2D eigenvalue weighted by atomic mass is 9.46. The van der Waals surface area contributed by atoms with E-state index in [1.54, 1.807) is 5.57 Å². The van der Waals surface area contributed by atoms with Crippen molar-refractivity contribution in [1.29, 1.82) is 0 Å². The van der Waals surface area contributed by atoms with Gasteiger partial charge in [-0.25, -0.2) is 9.13 Å². The number of hydrogen-bond donors (Lipinski definition) is 2. The molecule has 4 aliphatic rings. The first-order valence-corrected chi connectivity index (χ1v) is 17.5. The van der Waals surface area contributed by atoms with Gasteiger partial charge in [0.2, 0.25) is 0 Å². The molecule has 290 valence electrons. The summed E-state index contributed by atoms with van der Waals surface area (Å²) >= 11 is 0. The fraction of sp³-hybridized carbons (Fsp3) is 0.568. The summed E-state index contributed by atoms with van der Waals surface area (Å²) in [5, 5.41) is 27.3. The summed E-state index contributed by atoms with van der Waals surface area (Å²) in [6.07, 6.45) is 6.34. The number of carboxylic acid groups (broad SMARTS) is 2. The normalized spacial score (nSPS) is 28.8. The van der Waals surface area contributed by atoms with Crippen LogP contribution in [0.25, 0.3) is 0 Å². The predicted octanol–water partition coefficient (Wildman–Crippen LogP) is 4.77. The molecule has 0 saturated heterocycles. The minimum atomic E-state index is -5.19. The van der Waals surface area contributed by atoms with E-state index in [0.29, 0.717) is 16.7 Å². The maximum absolute atomic E-state index is 10.5. The Morgan fingerprint density at radius 3 is 1.87 bits per heavy atom. The molecule has 2 N–H and O–H groups in total. The Labute approximate surface area is 304 Å². The Hall–Kier alpha value is -4.50. The predicted molar refractivity (Wildman–Crippen MR) is 180 cm³/mol. The number of aromatic nitrogens is 2. The number of carbonyl (C=O) groups excluding carboxylic acids is 2. The molecule has 10 nitrogen and oxygen atoms in total. The monoisotopic (exact) mass is 752 g/mol. The minimum Gasteiger partial charge on any atom is -0.542 e. The van der Waals surface area contributed by atoms with Gasteiger partial charge in [0.15, 0.2) is 0 Å². The fourth-order valence-electron chi connectivity index (χ4n) is 8.98. The zero-order chi connectivity index (χ0) is 39.4. The van der Waals surface area contributed by atoms with Gasteiger partial charge in [-0.3, -0.25) is 0 Å². The molecule has 0 unspecified atom stereocenters. The first-order chi connectivity index (χ1) is 24.7. The Bertz CT molecular complexity index is 1720. The van der Waals surface area contributed by atoms with E-state index in [4.69, 9.17) is 30.0 Å². The van der Waals surface area contributed by atoms with Crippen molar-refractivity contribution in [2.24, 2.45) is 58.8 Å². The second kappa shape index (κ2) is 16.3. The number of hydrazone groups is 2. The third-order valence-corrected chi connectivity index (χ3v) is 11.7. The molecule has 0 aromatic carbocycles. The van der Waals surface area contributed by atoms with E-state index in [0.717, 1.165) is 35.8 Å². The molecule has 6 rings (SSSR count). The molecular formula is C37H46F6N6O4. The molecule has 2 heterocycles. The number of anilines is 2. The number of pyridine rings is 2.